The second-order valence-corrected chi connectivity index (χ2v) is 10.3. The number of allylic oxidation sites excluding steroid dienone is 1. The maximum absolute atomic E-state index is 13.0. The number of fused-ring (bicyclic) bond motifs is 1. The topological polar surface area (TPSA) is 62.2 Å². The van der Waals surface area contributed by atoms with E-state index in [2.05, 4.69) is 11.8 Å². The lowest BCUT2D eigenvalue weighted by Gasteiger charge is -2.31. The number of aromatic hydroxyl groups is 2. The van der Waals surface area contributed by atoms with E-state index in [9.17, 15) is 14.6 Å². The molecule has 2 heterocycles. The molecule has 3 aromatic carbocycles. The first-order chi connectivity index (χ1) is 17.8. The summed E-state index contributed by atoms with van der Waals surface area (Å²) in [5.74, 6) is 1.79. The number of hydrogen-bond donors (Lipinski definition) is 2. The first-order valence-electron chi connectivity index (χ1n) is 12.6. The molecule has 37 heavy (non-hydrogen) atoms. The monoisotopic (exact) mass is 523 g/mol. The van der Waals surface area contributed by atoms with Crippen molar-refractivity contribution in [3.8, 4) is 23.0 Å². The Balaban J connectivity index is 1.41. The van der Waals surface area contributed by atoms with Crippen LogP contribution in [-0.4, -0.2) is 47.5 Å². The van der Waals surface area contributed by atoms with Crippen molar-refractivity contribution in [3.63, 3.8) is 0 Å². The molecule has 1 fully saturated rings. The van der Waals surface area contributed by atoms with E-state index < -0.39 is 6.10 Å². The van der Waals surface area contributed by atoms with E-state index in [1.807, 2.05) is 31.2 Å². The molecule has 1 unspecified atom stereocenters. The van der Waals surface area contributed by atoms with E-state index in [1.165, 1.54) is 0 Å². The maximum atomic E-state index is 13.0. The number of likely N-dealkylation sites (tertiary alicyclic amines) is 1. The van der Waals surface area contributed by atoms with Gasteiger partial charge in [-0.25, -0.2) is 0 Å². The SMILES string of the molecule is CC1=C(c2cc(O)ccc2Cl)C(c2ccc(OC[C@H](C)N3CC[C@@H](CF)C3)cc2)Oc2ccc(O)cc21. The molecule has 0 saturated carbocycles. The molecule has 0 spiro atoms. The van der Waals surface area contributed by atoms with Gasteiger partial charge in [-0.15, -0.1) is 0 Å². The smallest absolute Gasteiger partial charge is 0.150 e. The van der Waals surface area contributed by atoms with Crippen LogP contribution in [0.4, 0.5) is 4.39 Å². The van der Waals surface area contributed by atoms with Crippen LogP contribution in [0, 0.1) is 5.92 Å². The molecule has 0 amide bonds. The second-order valence-electron chi connectivity index (χ2n) is 9.91. The fourth-order valence-electron chi connectivity index (χ4n) is 5.19. The van der Waals surface area contributed by atoms with Gasteiger partial charge in [0.15, 0.2) is 0 Å². The van der Waals surface area contributed by atoms with Gasteiger partial charge < -0.3 is 19.7 Å². The van der Waals surface area contributed by atoms with Crippen LogP contribution in [-0.2, 0) is 0 Å². The van der Waals surface area contributed by atoms with Crippen LogP contribution in [0.1, 0.15) is 43.1 Å². The Bertz CT molecular complexity index is 1310. The van der Waals surface area contributed by atoms with Gasteiger partial charge in [-0.05, 0) is 86.5 Å². The van der Waals surface area contributed by atoms with E-state index in [0.29, 0.717) is 22.9 Å². The first kappa shape index (κ1) is 25.4. The molecule has 2 aliphatic rings. The molecule has 0 aliphatic carbocycles. The Morgan fingerprint density at radius 3 is 2.46 bits per heavy atom. The van der Waals surface area contributed by atoms with E-state index in [0.717, 1.165) is 47.5 Å². The van der Waals surface area contributed by atoms with Gasteiger partial charge in [0.25, 0.3) is 0 Å². The first-order valence-corrected chi connectivity index (χ1v) is 12.9. The zero-order valence-corrected chi connectivity index (χ0v) is 21.7. The van der Waals surface area contributed by atoms with E-state index in [-0.39, 0.29) is 30.1 Å². The zero-order chi connectivity index (χ0) is 26.1. The van der Waals surface area contributed by atoms with Crippen molar-refractivity contribution in [2.45, 2.75) is 32.4 Å². The average molecular weight is 524 g/mol. The van der Waals surface area contributed by atoms with Gasteiger partial charge in [-0.3, -0.25) is 9.29 Å². The summed E-state index contributed by atoms with van der Waals surface area (Å²) < 4.78 is 25.5. The van der Waals surface area contributed by atoms with Crippen molar-refractivity contribution in [1.82, 2.24) is 4.90 Å². The Hall–Kier alpha value is -3.22. The molecule has 0 bridgehead atoms. The number of phenolic OH excluding ortho intramolecular Hbond substituents is 2. The number of benzene rings is 3. The molecule has 7 heteroatoms. The van der Waals surface area contributed by atoms with Crippen LogP contribution in [0.15, 0.2) is 60.7 Å². The van der Waals surface area contributed by atoms with Gasteiger partial charge in [-0.2, -0.15) is 0 Å². The number of nitrogens with zero attached hydrogens (tertiary/aromatic N) is 1. The van der Waals surface area contributed by atoms with E-state index in [4.69, 9.17) is 21.1 Å². The second kappa shape index (κ2) is 10.6. The fourth-order valence-corrected chi connectivity index (χ4v) is 5.41. The van der Waals surface area contributed by atoms with Gasteiger partial charge in [0.1, 0.15) is 35.7 Å². The highest BCUT2D eigenvalue weighted by Gasteiger charge is 2.31. The minimum absolute atomic E-state index is 0.105. The average Bonchev–Trinajstić information content (AvgIpc) is 3.39. The van der Waals surface area contributed by atoms with Gasteiger partial charge >= 0.3 is 0 Å². The molecular formula is C30H31ClFNO4. The number of phenols is 2. The minimum atomic E-state index is -0.480. The standard InChI is InChI=1S/C30H31ClFNO4/c1-18(33-12-11-20(15-32)16-33)17-36-24-7-3-21(4-8-24)30-29(26-14-22(34)5-9-27(26)31)19(2)25-13-23(35)6-10-28(25)37-30/h3-10,13-14,18,20,30,34-35H,11-12,15-17H2,1-2H3/t18-,20-,30?/m0/s1. The Labute approximate surface area is 221 Å². The lowest BCUT2D eigenvalue weighted by molar-refractivity contribution is 0.165. The predicted molar refractivity (Wildman–Crippen MR) is 144 cm³/mol. The van der Waals surface area contributed by atoms with Crippen molar-refractivity contribution >= 4 is 22.7 Å². The van der Waals surface area contributed by atoms with E-state index in [1.54, 1.807) is 36.4 Å². The molecule has 3 atom stereocenters. The van der Waals surface area contributed by atoms with Gasteiger partial charge in [0.2, 0.25) is 0 Å². The third-order valence-electron chi connectivity index (χ3n) is 7.35. The van der Waals surface area contributed by atoms with Crippen LogP contribution in [0.3, 0.4) is 0 Å². The summed E-state index contributed by atoms with van der Waals surface area (Å²) in [6.45, 7) is 6.03. The highest BCUT2D eigenvalue weighted by molar-refractivity contribution is 6.32. The molecule has 2 aliphatic heterocycles. The van der Waals surface area contributed by atoms with Crippen molar-refractivity contribution in [3.05, 3.63) is 82.4 Å². The Morgan fingerprint density at radius 1 is 1.05 bits per heavy atom. The largest absolute Gasteiger partial charge is 0.508 e. The Kier molecular flexibility index (Phi) is 7.31. The number of hydrogen-bond acceptors (Lipinski definition) is 5. The summed E-state index contributed by atoms with van der Waals surface area (Å²) in [5.41, 5.74) is 4.07. The number of ether oxygens (including phenoxy) is 2. The van der Waals surface area contributed by atoms with Crippen molar-refractivity contribution in [2.75, 3.05) is 26.4 Å². The summed E-state index contributed by atoms with van der Waals surface area (Å²) >= 11 is 6.58. The summed E-state index contributed by atoms with van der Waals surface area (Å²) in [5, 5.41) is 20.8. The molecule has 5 nitrogen and oxygen atoms in total. The molecule has 3 aromatic rings. The molecule has 5 rings (SSSR count). The summed E-state index contributed by atoms with van der Waals surface area (Å²) in [7, 11) is 0. The third kappa shape index (κ3) is 5.27. The number of rotatable bonds is 7. The zero-order valence-electron chi connectivity index (χ0n) is 21.0. The molecule has 0 radical (unpaired) electrons. The summed E-state index contributed by atoms with van der Waals surface area (Å²) in [4.78, 5) is 2.28. The predicted octanol–water partition coefficient (Wildman–Crippen LogP) is 6.87. The quantitative estimate of drug-likeness (QED) is 0.353. The number of halogens is 2. The lowest BCUT2D eigenvalue weighted by atomic mass is 9.86. The highest BCUT2D eigenvalue weighted by atomic mass is 35.5. The molecule has 0 aromatic heterocycles. The Morgan fingerprint density at radius 2 is 1.76 bits per heavy atom. The van der Waals surface area contributed by atoms with Gasteiger partial charge in [-0.1, -0.05) is 23.7 Å². The maximum Gasteiger partial charge on any atom is 0.150 e. The molecular weight excluding hydrogens is 493 g/mol. The van der Waals surface area contributed by atoms with Gasteiger partial charge in [0, 0.05) is 40.2 Å². The fraction of sp³-hybridized carbons (Fsp3) is 0.333. The van der Waals surface area contributed by atoms with Crippen LogP contribution >= 0.6 is 11.6 Å². The summed E-state index contributed by atoms with van der Waals surface area (Å²) in [6.07, 6.45) is 0.421. The van der Waals surface area contributed by atoms with Crippen molar-refractivity contribution < 1.29 is 24.1 Å². The molecule has 194 valence electrons. The van der Waals surface area contributed by atoms with Crippen LogP contribution in [0.5, 0.6) is 23.0 Å². The summed E-state index contributed by atoms with van der Waals surface area (Å²) in [6, 6.07) is 17.9. The molecule has 1 saturated heterocycles. The third-order valence-corrected chi connectivity index (χ3v) is 7.68. The lowest BCUT2D eigenvalue weighted by Crippen LogP contribution is -2.35. The van der Waals surface area contributed by atoms with E-state index >= 15 is 0 Å². The number of alkyl halides is 1. The van der Waals surface area contributed by atoms with Crippen molar-refractivity contribution in [2.24, 2.45) is 5.92 Å². The highest BCUT2D eigenvalue weighted by Crippen LogP contribution is 2.49. The van der Waals surface area contributed by atoms with Crippen LogP contribution < -0.4 is 9.47 Å². The van der Waals surface area contributed by atoms with Gasteiger partial charge in [0.05, 0.1) is 6.67 Å². The van der Waals surface area contributed by atoms with Crippen LogP contribution in [0.2, 0.25) is 5.02 Å². The molecule has 2 N–H and O–H groups in total. The normalized spacial score (nSPS) is 20.4. The minimum Gasteiger partial charge on any atom is -0.508 e. The van der Waals surface area contributed by atoms with Crippen molar-refractivity contribution in [1.29, 1.82) is 0 Å². The van der Waals surface area contributed by atoms with Crippen LogP contribution in [0.25, 0.3) is 11.1 Å².